The van der Waals surface area contributed by atoms with E-state index in [0.717, 1.165) is 38.5 Å². The fourth-order valence-electron chi connectivity index (χ4n) is 3.85. The maximum atomic E-state index is 11.2. The molecule has 0 aliphatic rings. The number of benzene rings is 4. The summed E-state index contributed by atoms with van der Waals surface area (Å²) in [6.45, 7) is 6.36. The number of nitrogens with zero attached hydrogens (tertiary/aromatic N) is 1. The first-order chi connectivity index (χ1) is 17.2. The standard InChI is InChI=1S/C29H29BIN2OPS/c1-29(2,3)26-18-25(35(30)31)19-27(28(26)34)36-20-33(23-12-8-5-9-13-23)24-16-14-22(15-17-24)32-21-10-6-4-7-11-21/h4-19,32,34H,20H2,1-3H3. The third-order valence-electron chi connectivity index (χ3n) is 5.77. The van der Waals surface area contributed by atoms with Crippen LogP contribution in [0.1, 0.15) is 26.3 Å². The molecular formula is C29H29BIN2OPS. The van der Waals surface area contributed by atoms with Gasteiger partial charge in [0.2, 0.25) is 0 Å². The molecule has 0 saturated carbocycles. The third-order valence-corrected chi connectivity index (χ3v) is 9.21. The SMILES string of the molecule is B#P(I)c1cc(SCN(c2ccccc2)c2ccc(Nc3ccccc3)cc2)c(O)c(C(C)(C)C)c1. The summed E-state index contributed by atoms with van der Waals surface area (Å²) < 4.78 is 0. The van der Waals surface area contributed by atoms with E-state index in [1.54, 1.807) is 11.8 Å². The number of nitrogens with one attached hydrogen (secondary N) is 1. The van der Waals surface area contributed by atoms with E-state index in [9.17, 15) is 5.11 Å². The van der Waals surface area contributed by atoms with Crippen molar-refractivity contribution in [1.29, 1.82) is 0 Å². The molecule has 182 valence electrons. The molecule has 36 heavy (non-hydrogen) atoms. The molecule has 0 saturated heterocycles. The zero-order valence-electron chi connectivity index (χ0n) is 20.6. The van der Waals surface area contributed by atoms with E-state index in [0.29, 0.717) is 11.6 Å². The maximum absolute atomic E-state index is 11.2. The molecule has 1 atom stereocenters. The van der Waals surface area contributed by atoms with Gasteiger partial charge >= 0.3 is 198 Å². The number of aromatic hydroxyl groups is 1. The molecule has 0 aliphatic carbocycles. The van der Waals surface area contributed by atoms with Crippen molar-refractivity contribution in [3.63, 3.8) is 0 Å². The molecule has 0 aliphatic heterocycles. The summed E-state index contributed by atoms with van der Waals surface area (Å²) in [7, 11) is 6.30. The molecule has 1 unspecified atom stereocenters. The predicted molar refractivity (Wildman–Crippen MR) is 169 cm³/mol. The Labute approximate surface area is 233 Å². The van der Waals surface area contributed by atoms with Crippen molar-refractivity contribution in [2.24, 2.45) is 0 Å². The Morgan fingerprint density at radius 1 is 0.861 bits per heavy atom. The van der Waals surface area contributed by atoms with E-state index in [4.69, 9.17) is 7.01 Å². The van der Waals surface area contributed by atoms with Crippen LogP contribution in [0, 0.1) is 0 Å². The molecule has 2 N–H and O–H groups in total. The summed E-state index contributed by atoms with van der Waals surface area (Å²) in [5, 5.41) is 15.7. The summed E-state index contributed by atoms with van der Waals surface area (Å²) in [6, 6.07) is 33.0. The molecule has 4 aromatic rings. The zero-order chi connectivity index (χ0) is 25.7. The average molecular weight is 622 g/mol. The van der Waals surface area contributed by atoms with E-state index < -0.39 is 4.88 Å². The van der Waals surface area contributed by atoms with Gasteiger partial charge in [0.05, 0.1) is 0 Å². The first-order valence-electron chi connectivity index (χ1n) is 11.7. The van der Waals surface area contributed by atoms with Crippen LogP contribution in [0.3, 0.4) is 0 Å². The second-order valence-electron chi connectivity index (χ2n) is 9.48. The number of halogens is 1. The quantitative estimate of drug-likeness (QED) is 0.0710. The topological polar surface area (TPSA) is 35.5 Å². The van der Waals surface area contributed by atoms with Gasteiger partial charge in [-0.05, 0) is 12.1 Å². The van der Waals surface area contributed by atoms with E-state index >= 15 is 0 Å². The molecule has 4 rings (SSSR count). The Hall–Kier alpha value is -2.28. The molecule has 0 radical (unpaired) electrons. The molecule has 0 aromatic heterocycles. The van der Waals surface area contributed by atoms with E-state index in [1.165, 1.54) is 0 Å². The normalized spacial score (nSPS) is 11.8. The molecule has 0 amide bonds. The molecule has 7 heteroatoms. The minimum atomic E-state index is -0.801. The van der Waals surface area contributed by atoms with Crippen LogP contribution >= 0.6 is 38.7 Å². The fourth-order valence-corrected chi connectivity index (χ4v) is 6.30. The second-order valence-corrected chi connectivity index (χ2v) is 14.7. The minimum absolute atomic E-state index is 0.182. The first-order valence-corrected chi connectivity index (χ1v) is 16.9. The summed E-state index contributed by atoms with van der Waals surface area (Å²) in [5.41, 5.74) is 5.01. The zero-order valence-corrected chi connectivity index (χ0v) is 24.5. The van der Waals surface area contributed by atoms with Crippen LogP contribution < -0.4 is 15.5 Å². The van der Waals surface area contributed by atoms with Crippen LogP contribution in [0.4, 0.5) is 22.7 Å². The number of thioether (sulfide) groups is 1. The molecule has 0 heterocycles. The summed E-state index contributed by atoms with van der Waals surface area (Å²) >= 11 is 3.91. The predicted octanol–water partition coefficient (Wildman–Crippen LogP) is 8.86. The molecule has 0 fully saturated rings. The first kappa shape index (κ1) is 26.8. The number of rotatable bonds is 7. The van der Waals surface area contributed by atoms with Crippen LogP contribution in [-0.2, 0) is 5.41 Å². The second kappa shape index (κ2) is 11.8. The number of hydrogen-bond donors (Lipinski definition) is 2. The van der Waals surface area contributed by atoms with Crippen molar-refractivity contribution in [2.75, 3.05) is 16.1 Å². The van der Waals surface area contributed by atoms with Gasteiger partial charge in [-0.15, -0.1) is 0 Å². The van der Waals surface area contributed by atoms with Gasteiger partial charge in [0, 0.05) is 5.69 Å². The molecular weight excluding hydrogens is 593 g/mol. The summed E-state index contributed by atoms with van der Waals surface area (Å²) in [5.74, 6) is 0.986. The number of phenols is 1. The molecule has 0 bridgehead atoms. The van der Waals surface area contributed by atoms with Gasteiger partial charge in [-0.3, -0.25) is 0 Å². The Bertz CT molecular complexity index is 1380. The van der Waals surface area contributed by atoms with Crippen LogP contribution in [0.15, 0.2) is 102 Å². The number of anilines is 4. The van der Waals surface area contributed by atoms with Crippen molar-refractivity contribution in [3.8, 4) is 5.75 Å². The van der Waals surface area contributed by atoms with Crippen LogP contribution in [0.2, 0.25) is 0 Å². The van der Waals surface area contributed by atoms with Crippen LogP contribution in [0.5, 0.6) is 5.75 Å². The van der Waals surface area contributed by atoms with Gasteiger partial charge in [-0.2, -0.15) is 0 Å². The van der Waals surface area contributed by atoms with E-state index in [1.807, 2.05) is 42.5 Å². The van der Waals surface area contributed by atoms with Crippen LogP contribution in [0.25, 0.3) is 0 Å². The average Bonchev–Trinajstić information content (AvgIpc) is 2.86. The van der Waals surface area contributed by atoms with Crippen molar-refractivity contribution in [2.45, 2.75) is 31.1 Å². The van der Waals surface area contributed by atoms with Gasteiger partial charge in [0.25, 0.3) is 0 Å². The third kappa shape index (κ3) is 6.73. The molecule has 0 spiro atoms. The van der Waals surface area contributed by atoms with Gasteiger partial charge in [0.15, 0.2) is 0 Å². The van der Waals surface area contributed by atoms with Gasteiger partial charge in [-0.1, -0.05) is 18.2 Å². The van der Waals surface area contributed by atoms with Crippen molar-refractivity contribution < 1.29 is 5.11 Å². The Balaban J connectivity index is 1.63. The molecule has 3 nitrogen and oxygen atoms in total. The molecule has 4 aromatic carbocycles. The monoisotopic (exact) mass is 622 g/mol. The number of para-hydroxylation sites is 2. The number of hydrogen-bond acceptors (Lipinski definition) is 4. The fraction of sp³-hybridized carbons (Fsp3) is 0.172. The summed E-state index contributed by atoms with van der Waals surface area (Å²) in [4.78, 5) is 2.31. The van der Waals surface area contributed by atoms with Crippen molar-refractivity contribution in [1.82, 2.24) is 0 Å². The van der Waals surface area contributed by atoms with Crippen molar-refractivity contribution >= 4 is 73.7 Å². The number of phenolic OH excluding ortho intramolecular Hbond substituents is 1. The van der Waals surface area contributed by atoms with E-state index in [-0.39, 0.29) is 5.41 Å². The van der Waals surface area contributed by atoms with E-state index in [2.05, 4.69) is 108 Å². The Morgan fingerprint density at radius 2 is 1.42 bits per heavy atom. The van der Waals surface area contributed by atoms with Gasteiger partial charge < -0.3 is 0 Å². The van der Waals surface area contributed by atoms with Gasteiger partial charge in [-0.25, -0.2) is 0 Å². The summed E-state index contributed by atoms with van der Waals surface area (Å²) in [6.07, 6.45) is 0. The van der Waals surface area contributed by atoms with Crippen molar-refractivity contribution in [3.05, 3.63) is 103 Å². The van der Waals surface area contributed by atoms with Crippen LogP contribution in [-0.4, -0.2) is 18.0 Å². The Kier molecular flexibility index (Phi) is 8.81. The Morgan fingerprint density at radius 3 is 2.00 bits per heavy atom. The van der Waals surface area contributed by atoms with Gasteiger partial charge in [0.1, 0.15) is 0 Å².